The van der Waals surface area contributed by atoms with E-state index in [0.29, 0.717) is 11.1 Å². The molecular formula is C16H24N2O5S. The Morgan fingerprint density at radius 1 is 0.875 bits per heavy atom. The van der Waals surface area contributed by atoms with Crippen molar-refractivity contribution in [3.8, 4) is 0 Å². The maximum absolute atomic E-state index is 12.6. The summed E-state index contributed by atoms with van der Waals surface area (Å²) in [5, 5.41) is 2.28. The van der Waals surface area contributed by atoms with Gasteiger partial charge >= 0.3 is 5.97 Å². The first-order valence-electron chi connectivity index (χ1n) is 7.43. The first-order chi connectivity index (χ1) is 11.0. The summed E-state index contributed by atoms with van der Waals surface area (Å²) in [4.78, 5) is 22.8. The molecule has 0 saturated carbocycles. The number of carbonyl (C=O) groups excluding carboxylic acids is 2. The molecule has 0 heterocycles. The van der Waals surface area contributed by atoms with Crippen LogP contribution in [0, 0.1) is 34.6 Å². The van der Waals surface area contributed by atoms with E-state index in [1.54, 1.807) is 13.8 Å². The second kappa shape index (κ2) is 7.76. The zero-order chi connectivity index (χ0) is 18.7. The molecule has 24 heavy (non-hydrogen) atoms. The Morgan fingerprint density at radius 3 is 1.79 bits per heavy atom. The van der Waals surface area contributed by atoms with Gasteiger partial charge in [-0.15, -0.1) is 0 Å². The Bertz CT molecular complexity index is 740. The van der Waals surface area contributed by atoms with Crippen molar-refractivity contribution >= 4 is 21.9 Å². The molecule has 0 aliphatic rings. The predicted molar refractivity (Wildman–Crippen MR) is 90.3 cm³/mol. The van der Waals surface area contributed by atoms with Crippen molar-refractivity contribution in [1.82, 2.24) is 10.0 Å². The lowest BCUT2D eigenvalue weighted by Gasteiger charge is -2.19. The molecule has 0 radical (unpaired) electrons. The Morgan fingerprint density at radius 2 is 1.33 bits per heavy atom. The van der Waals surface area contributed by atoms with Crippen molar-refractivity contribution in [1.29, 1.82) is 0 Å². The quantitative estimate of drug-likeness (QED) is 0.734. The van der Waals surface area contributed by atoms with Gasteiger partial charge in [-0.25, -0.2) is 13.1 Å². The van der Waals surface area contributed by atoms with Crippen LogP contribution in [0.25, 0.3) is 0 Å². The third-order valence-electron chi connectivity index (χ3n) is 4.28. The standard InChI is InChI=1S/C16H24N2O5S/c1-9-10(2)12(4)16(13(5)11(9)3)24(21,22)18-7-14(19)17-8-15(20)23-6/h18H,7-8H2,1-6H3,(H,17,19). The van der Waals surface area contributed by atoms with E-state index < -0.39 is 28.4 Å². The highest BCUT2D eigenvalue weighted by atomic mass is 32.2. The van der Waals surface area contributed by atoms with E-state index >= 15 is 0 Å². The molecule has 0 atom stereocenters. The first-order valence-corrected chi connectivity index (χ1v) is 8.91. The Hall–Kier alpha value is -1.93. The van der Waals surface area contributed by atoms with E-state index in [2.05, 4.69) is 14.8 Å². The van der Waals surface area contributed by atoms with Gasteiger partial charge in [0.15, 0.2) is 0 Å². The summed E-state index contributed by atoms with van der Waals surface area (Å²) in [6.07, 6.45) is 0. The number of amides is 1. The van der Waals surface area contributed by atoms with Crippen LogP contribution in [0.15, 0.2) is 4.90 Å². The summed E-state index contributed by atoms with van der Waals surface area (Å²) >= 11 is 0. The molecule has 2 N–H and O–H groups in total. The molecule has 7 nitrogen and oxygen atoms in total. The van der Waals surface area contributed by atoms with Crippen molar-refractivity contribution in [2.75, 3.05) is 20.2 Å². The Labute approximate surface area is 142 Å². The zero-order valence-electron chi connectivity index (χ0n) is 14.9. The van der Waals surface area contributed by atoms with Crippen molar-refractivity contribution < 1.29 is 22.7 Å². The van der Waals surface area contributed by atoms with Crippen LogP contribution in [0.2, 0.25) is 0 Å². The summed E-state index contributed by atoms with van der Waals surface area (Å²) in [5.41, 5.74) is 4.21. The van der Waals surface area contributed by atoms with Crippen LogP contribution < -0.4 is 10.0 Å². The fourth-order valence-electron chi connectivity index (χ4n) is 2.41. The van der Waals surface area contributed by atoms with Crippen LogP contribution in [-0.2, 0) is 24.3 Å². The van der Waals surface area contributed by atoms with E-state index in [1.165, 1.54) is 7.11 Å². The maximum Gasteiger partial charge on any atom is 0.325 e. The minimum atomic E-state index is -3.85. The molecule has 134 valence electrons. The number of sulfonamides is 1. The van der Waals surface area contributed by atoms with E-state index in [-0.39, 0.29) is 11.4 Å². The molecule has 0 aromatic heterocycles. The summed E-state index contributed by atoms with van der Waals surface area (Å²) in [6, 6.07) is 0. The highest BCUT2D eigenvalue weighted by Gasteiger charge is 2.24. The number of rotatable bonds is 6. The highest BCUT2D eigenvalue weighted by Crippen LogP contribution is 2.29. The zero-order valence-corrected chi connectivity index (χ0v) is 15.7. The van der Waals surface area contributed by atoms with E-state index in [0.717, 1.165) is 16.7 Å². The first kappa shape index (κ1) is 20.1. The molecule has 0 bridgehead atoms. The average molecular weight is 356 g/mol. The number of nitrogens with one attached hydrogen (secondary N) is 2. The molecule has 0 aliphatic heterocycles. The number of carbonyl (C=O) groups is 2. The van der Waals surface area contributed by atoms with Crippen molar-refractivity contribution in [3.05, 3.63) is 27.8 Å². The van der Waals surface area contributed by atoms with Crippen LogP contribution in [0.1, 0.15) is 27.8 Å². The minimum Gasteiger partial charge on any atom is -0.468 e. The van der Waals surface area contributed by atoms with Crippen LogP contribution in [0.3, 0.4) is 0 Å². The monoisotopic (exact) mass is 356 g/mol. The lowest BCUT2D eigenvalue weighted by molar-refractivity contribution is -0.141. The molecule has 0 unspecified atom stereocenters. The summed E-state index contributed by atoms with van der Waals surface area (Å²) in [5.74, 6) is -1.22. The van der Waals surface area contributed by atoms with E-state index in [1.807, 2.05) is 20.8 Å². The van der Waals surface area contributed by atoms with Gasteiger partial charge < -0.3 is 10.1 Å². The lowest BCUT2D eigenvalue weighted by atomic mass is 9.95. The number of benzene rings is 1. The van der Waals surface area contributed by atoms with Crippen LogP contribution in [0.4, 0.5) is 0 Å². The number of hydrogen-bond acceptors (Lipinski definition) is 5. The van der Waals surface area contributed by atoms with Crippen LogP contribution in [0.5, 0.6) is 0 Å². The molecule has 8 heteroatoms. The Kier molecular flexibility index (Phi) is 6.50. The molecule has 1 aromatic rings. The predicted octanol–water partition coefficient (Wildman–Crippen LogP) is 0.796. The fraction of sp³-hybridized carbons (Fsp3) is 0.500. The van der Waals surface area contributed by atoms with Crippen molar-refractivity contribution in [2.45, 2.75) is 39.5 Å². The molecule has 0 spiro atoms. The minimum absolute atomic E-state index is 0.198. The topological polar surface area (TPSA) is 102 Å². The van der Waals surface area contributed by atoms with Gasteiger partial charge in [-0.05, 0) is 62.4 Å². The van der Waals surface area contributed by atoms with Gasteiger partial charge in [0.05, 0.1) is 18.6 Å². The molecular weight excluding hydrogens is 332 g/mol. The fourth-order valence-corrected chi connectivity index (χ4v) is 3.98. The maximum atomic E-state index is 12.6. The molecule has 1 amide bonds. The molecule has 0 fully saturated rings. The third kappa shape index (κ3) is 4.33. The SMILES string of the molecule is COC(=O)CNC(=O)CNS(=O)(=O)c1c(C)c(C)c(C)c(C)c1C. The second-order valence-corrected chi connectivity index (χ2v) is 7.34. The van der Waals surface area contributed by atoms with Gasteiger partial charge in [-0.2, -0.15) is 0 Å². The van der Waals surface area contributed by atoms with E-state index in [9.17, 15) is 18.0 Å². The van der Waals surface area contributed by atoms with Gasteiger partial charge in [-0.3, -0.25) is 9.59 Å². The normalized spacial score (nSPS) is 11.2. The smallest absolute Gasteiger partial charge is 0.325 e. The average Bonchev–Trinajstić information content (AvgIpc) is 2.54. The van der Waals surface area contributed by atoms with Gasteiger partial charge in [0.2, 0.25) is 15.9 Å². The van der Waals surface area contributed by atoms with Gasteiger partial charge in [0.1, 0.15) is 6.54 Å². The van der Waals surface area contributed by atoms with E-state index in [4.69, 9.17) is 0 Å². The largest absolute Gasteiger partial charge is 0.468 e. The number of methoxy groups -OCH3 is 1. The lowest BCUT2D eigenvalue weighted by Crippen LogP contribution is -2.39. The van der Waals surface area contributed by atoms with Crippen LogP contribution in [-0.4, -0.2) is 40.5 Å². The number of hydrogen-bond donors (Lipinski definition) is 2. The van der Waals surface area contributed by atoms with Crippen LogP contribution >= 0.6 is 0 Å². The summed E-state index contributed by atoms with van der Waals surface area (Å²) in [6.45, 7) is 8.44. The summed E-state index contributed by atoms with van der Waals surface area (Å²) < 4.78 is 31.9. The van der Waals surface area contributed by atoms with Gasteiger partial charge in [0, 0.05) is 0 Å². The van der Waals surface area contributed by atoms with Crippen molar-refractivity contribution in [2.24, 2.45) is 0 Å². The molecule has 1 rings (SSSR count). The molecule has 1 aromatic carbocycles. The highest BCUT2D eigenvalue weighted by molar-refractivity contribution is 7.89. The summed E-state index contributed by atoms with van der Waals surface area (Å²) in [7, 11) is -2.65. The molecule has 0 saturated heterocycles. The number of ether oxygens (including phenoxy) is 1. The third-order valence-corrected chi connectivity index (χ3v) is 5.95. The molecule has 0 aliphatic carbocycles. The van der Waals surface area contributed by atoms with Crippen molar-refractivity contribution in [3.63, 3.8) is 0 Å². The number of esters is 1. The van der Waals surface area contributed by atoms with Gasteiger partial charge in [0.25, 0.3) is 0 Å². The van der Waals surface area contributed by atoms with Gasteiger partial charge in [-0.1, -0.05) is 0 Å². The second-order valence-electron chi connectivity index (χ2n) is 5.63. The Balaban J connectivity index is 2.99.